The number of thioether (sulfide) groups is 1. The lowest BCUT2D eigenvalue weighted by Crippen LogP contribution is -2.68. The van der Waals surface area contributed by atoms with E-state index in [9.17, 15) is 0 Å². The van der Waals surface area contributed by atoms with Crippen LogP contribution >= 0.6 is 11.8 Å². The second kappa shape index (κ2) is 7.42. The van der Waals surface area contributed by atoms with Gasteiger partial charge < -0.3 is 20.1 Å². The summed E-state index contributed by atoms with van der Waals surface area (Å²) < 4.78 is 11.7. The van der Waals surface area contributed by atoms with Crippen LogP contribution in [0.2, 0.25) is 0 Å². The highest BCUT2D eigenvalue weighted by molar-refractivity contribution is 8.00. The minimum atomic E-state index is 0.174. The zero-order valence-electron chi connectivity index (χ0n) is 15.6. The predicted octanol–water partition coefficient (Wildman–Crippen LogP) is 2.27. The van der Waals surface area contributed by atoms with Gasteiger partial charge in [-0.3, -0.25) is 4.99 Å². The molecular formula is C18H33N3O2S. The first-order valence-corrected chi connectivity index (χ1v) is 10.5. The molecule has 2 aliphatic heterocycles. The van der Waals surface area contributed by atoms with E-state index in [-0.39, 0.29) is 10.2 Å². The van der Waals surface area contributed by atoms with E-state index in [0.29, 0.717) is 18.1 Å². The number of guanidine groups is 1. The average Bonchev–Trinajstić information content (AvgIpc) is 3.05. The molecule has 2 saturated heterocycles. The number of hydrogen-bond acceptors (Lipinski definition) is 4. The van der Waals surface area contributed by atoms with Gasteiger partial charge in [0.05, 0.1) is 12.6 Å². The highest BCUT2D eigenvalue weighted by atomic mass is 32.2. The van der Waals surface area contributed by atoms with Gasteiger partial charge >= 0.3 is 0 Å². The number of nitrogens with one attached hydrogen (secondary N) is 2. The van der Waals surface area contributed by atoms with Crippen LogP contribution in [0.3, 0.4) is 0 Å². The average molecular weight is 356 g/mol. The van der Waals surface area contributed by atoms with Crippen molar-refractivity contribution in [1.82, 2.24) is 10.6 Å². The van der Waals surface area contributed by atoms with E-state index >= 15 is 0 Å². The first-order valence-electron chi connectivity index (χ1n) is 9.32. The second-order valence-corrected chi connectivity index (χ2v) is 9.16. The predicted molar refractivity (Wildman–Crippen MR) is 101 cm³/mol. The number of aliphatic imine (C=N–C) groups is 1. The van der Waals surface area contributed by atoms with Crippen molar-refractivity contribution >= 4 is 17.7 Å². The van der Waals surface area contributed by atoms with E-state index in [0.717, 1.165) is 58.1 Å². The Kier molecular flexibility index (Phi) is 5.67. The van der Waals surface area contributed by atoms with Crippen molar-refractivity contribution in [1.29, 1.82) is 0 Å². The quantitative estimate of drug-likeness (QED) is 0.585. The van der Waals surface area contributed by atoms with Crippen molar-refractivity contribution in [3.05, 3.63) is 0 Å². The highest BCUT2D eigenvalue weighted by Crippen LogP contribution is 2.52. The molecule has 2 heterocycles. The van der Waals surface area contributed by atoms with Crippen LogP contribution < -0.4 is 10.6 Å². The molecule has 3 aliphatic rings. The Morgan fingerprint density at radius 1 is 1.25 bits per heavy atom. The van der Waals surface area contributed by atoms with E-state index in [1.165, 1.54) is 0 Å². The van der Waals surface area contributed by atoms with Gasteiger partial charge in [0.1, 0.15) is 0 Å². The van der Waals surface area contributed by atoms with Crippen LogP contribution in [0.1, 0.15) is 40.0 Å². The van der Waals surface area contributed by atoms with E-state index < -0.39 is 0 Å². The molecule has 0 amide bonds. The van der Waals surface area contributed by atoms with Gasteiger partial charge in [-0.25, -0.2) is 0 Å². The number of nitrogens with zero attached hydrogens (tertiary/aromatic N) is 1. The van der Waals surface area contributed by atoms with Crippen molar-refractivity contribution in [3.8, 4) is 0 Å². The van der Waals surface area contributed by atoms with Gasteiger partial charge in [-0.1, -0.05) is 13.8 Å². The topological polar surface area (TPSA) is 54.9 Å². The molecule has 3 atom stereocenters. The third kappa shape index (κ3) is 3.42. The first-order chi connectivity index (χ1) is 11.5. The van der Waals surface area contributed by atoms with Gasteiger partial charge in [0.2, 0.25) is 0 Å². The maximum Gasteiger partial charge on any atom is 0.191 e. The summed E-state index contributed by atoms with van der Waals surface area (Å²) in [7, 11) is 0. The van der Waals surface area contributed by atoms with Crippen LogP contribution in [0.25, 0.3) is 0 Å². The monoisotopic (exact) mass is 355 g/mol. The molecule has 0 aromatic rings. The Balaban J connectivity index is 1.65. The summed E-state index contributed by atoms with van der Waals surface area (Å²) in [5.41, 5.74) is 0.174. The van der Waals surface area contributed by atoms with E-state index in [1.54, 1.807) is 0 Å². The molecule has 3 fully saturated rings. The number of fused-ring (bicyclic) bond motifs is 1. The normalized spacial score (nSPS) is 34.3. The lowest BCUT2D eigenvalue weighted by Gasteiger charge is -2.55. The molecule has 1 aliphatic carbocycles. The molecule has 0 aromatic heterocycles. The highest BCUT2D eigenvalue weighted by Gasteiger charge is 2.59. The Labute approximate surface area is 150 Å². The SMILES string of the molecule is CCNC(=NCC1(SC)CCOCC1)NC1C2CCOC2C1(C)C. The van der Waals surface area contributed by atoms with Gasteiger partial charge in [0.25, 0.3) is 0 Å². The molecule has 2 N–H and O–H groups in total. The summed E-state index contributed by atoms with van der Waals surface area (Å²) in [5.74, 6) is 1.59. The summed E-state index contributed by atoms with van der Waals surface area (Å²) in [6.07, 6.45) is 5.95. The van der Waals surface area contributed by atoms with Crippen LogP contribution in [0.4, 0.5) is 0 Å². The standard InChI is InChI=1S/C18H33N3O2S/c1-5-19-16(20-12-18(24-4)7-10-22-11-8-18)21-14-13-6-9-23-15(13)17(14,2)3/h13-15H,5-12H2,1-4H3,(H2,19,20,21). The number of hydrogen-bond donors (Lipinski definition) is 2. The lowest BCUT2D eigenvalue weighted by atomic mass is 9.57. The van der Waals surface area contributed by atoms with Gasteiger partial charge in [0, 0.05) is 48.5 Å². The van der Waals surface area contributed by atoms with Crippen LogP contribution in [-0.4, -0.2) is 62.0 Å². The number of rotatable bonds is 5. The van der Waals surface area contributed by atoms with Crippen LogP contribution in [0, 0.1) is 11.3 Å². The van der Waals surface area contributed by atoms with E-state index in [2.05, 4.69) is 37.7 Å². The lowest BCUT2D eigenvalue weighted by molar-refractivity contribution is -0.106. The third-order valence-corrected chi connectivity index (χ3v) is 7.50. The van der Waals surface area contributed by atoms with Gasteiger partial charge in [-0.05, 0) is 32.4 Å². The number of ether oxygens (including phenoxy) is 2. The molecule has 1 saturated carbocycles. The molecule has 3 unspecified atom stereocenters. The fourth-order valence-electron chi connectivity index (χ4n) is 4.48. The van der Waals surface area contributed by atoms with Gasteiger partial charge in [0.15, 0.2) is 5.96 Å². The summed E-state index contributed by atoms with van der Waals surface area (Å²) >= 11 is 1.94. The van der Waals surface area contributed by atoms with Crippen molar-refractivity contribution in [2.24, 2.45) is 16.3 Å². The molecule has 138 valence electrons. The molecule has 5 nitrogen and oxygen atoms in total. The Bertz CT molecular complexity index is 463. The van der Waals surface area contributed by atoms with Crippen molar-refractivity contribution < 1.29 is 9.47 Å². The first kappa shape index (κ1) is 18.3. The van der Waals surface area contributed by atoms with Crippen molar-refractivity contribution in [3.63, 3.8) is 0 Å². The van der Waals surface area contributed by atoms with Crippen molar-refractivity contribution in [2.75, 3.05) is 39.2 Å². The molecule has 6 heteroatoms. The third-order valence-electron chi connectivity index (χ3n) is 6.10. The Morgan fingerprint density at radius 3 is 2.67 bits per heavy atom. The van der Waals surface area contributed by atoms with Gasteiger partial charge in [-0.15, -0.1) is 0 Å². The molecule has 0 spiro atoms. The fourth-order valence-corrected chi connectivity index (χ4v) is 5.25. The second-order valence-electron chi connectivity index (χ2n) is 7.88. The smallest absolute Gasteiger partial charge is 0.191 e. The zero-order chi connectivity index (χ0) is 17.2. The minimum Gasteiger partial charge on any atom is -0.381 e. The molecule has 0 aromatic carbocycles. The van der Waals surface area contributed by atoms with Crippen LogP contribution in [0.15, 0.2) is 4.99 Å². The largest absolute Gasteiger partial charge is 0.381 e. The molecular weight excluding hydrogens is 322 g/mol. The minimum absolute atomic E-state index is 0.174. The fraction of sp³-hybridized carbons (Fsp3) is 0.944. The summed E-state index contributed by atoms with van der Waals surface area (Å²) in [5, 5.41) is 7.15. The summed E-state index contributed by atoms with van der Waals surface area (Å²) in [4.78, 5) is 4.96. The maximum atomic E-state index is 5.91. The molecule has 24 heavy (non-hydrogen) atoms. The Morgan fingerprint density at radius 2 is 2.00 bits per heavy atom. The van der Waals surface area contributed by atoms with Crippen LogP contribution in [-0.2, 0) is 9.47 Å². The van der Waals surface area contributed by atoms with Crippen molar-refractivity contribution in [2.45, 2.75) is 56.9 Å². The van der Waals surface area contributed by atoms with Gasteiger partial charge in [-0.2, -0.15) is 11.8 Å². The van der Waals surface area contributed by atoms with Crippen LogP contribution in [0.5, 0.6) is 0 Å². The maximum absolute atomic E-state index is 5.91. The van der Waals surface area contributed by atoms with E-state index in [1.807, 2.05) is 11.8 Å². The van der Waals surface area contributed by atoms with E-state index in [4.69, 9.17) is 14.5 Å². The molecule has 3 rings (SSSR count). The summed E-state index contributed by atoms with van der Waals surface area (Å²) in [6.45, 7) is 11.1. The summed E-state index contributed by atoms with van der Waals surface area (Å²) in [6, 6.07) is 0.447. The molecule has 0 radical (unpaired) electrons. The molecule has 0 bridgehead atoms. The zero-order valence-corrected chi connectivity index (χ0v) is 16.4. The Hall–Kier alpha value is -0.460.